The molecule has 0 amide bonds. The van der Waals surface area contributed by atoms with Gasteiger partial charge in [-0.2, -0.15) is 13.2 Å². The molecular weight excluding hydrogens is 360 g/mol. The lowest BCUT2D eigenvalue weighted by molar-refractivity contribution is -0.138. The first-order valence-electron chi connectivity index (χ1n) is 9.35. The van der Waals surface area contributed by atoms with E-state index in [-0.39, 0.29) is 18.2 Å². The maximum atomic E-state index is 13.2. The second kappa shape index (κ2) is 9.39. The van der Waals surface area contributed by atoms with Gasteiger partial charge in [0, 0.05) is 31.7 Å². The molecule has 2 N–H and O–H groups in total. The van der Waals surface area contributed by atoms with Gasteiger partial charge in [0.05, 0.1) is 12.1 Å². The number of nitrogens with one attached hydrogen (secondary N) is 2. The summed E-state index contributed by atoms with van der Waals surface area (Å²) in [5.41, 5.74) is -1.02. The molecule has 8 heteroatoms. The number of guanidine groups is 1. The molecule has 0 aromatic heterocycles. The molecule has 1 aliphatic heterocycles. The zero-order valence-corrected chi connectivity index (χ0v) is 16.0. The third-order valence-electron chi connectivity index (χ3n) is 4.73. The molecule has 0 spiro atoms. The third-order valence-corrected chi connectivity index (χ3v) is 4.73. The van der Waals surface area contributed by atoms with E-state index in [1.54, 1.807) is 0 Å². The first-order valence-corrected chi connectivity index (χ1v) is 9.35. The van der Waals surface area contributed by atoms with Crippen molar-refractivity contribution in [3.63, 3.8) is 0 Å². The van der Waals surface area contributed by atoms with Crippen molar-refractivity contribution in [3.8, 4) is 0 Å². The molecule has 1 aliphatic rings. The van der Waals surface area contributed by atoms with E-state index in [4.69, 9.17) is 0 Å². The lowest BCUT2D eigenvalue weighted by Gasteiger charge is -2.35. The van der Waals surface area contributed by atoms with Crippen LogP contribution >= 0.6 is 0 Å². The van der Waals surface area contributed by atoms with Gasteiger partial charge in [0.15, 0.2) is 5.96 Å². The Morgan fingerprint density at radius 3 is 2.48 bits per heavy atom. The molecular formula is C19H28F4N4. The molecule has 1 aromatic carbocycles. The monoisotopic (exact) mass is 388 g/mol. The molecule has 0 atom stereocenters. The Morgan fingerprint density at radius 1 is 1.26 bits per heavy atom. The van der Waals surface area contributed by atoms with Crippen LogP contribution in [0.25, 0.3) is 0 Å². The Morgan fingerprint density at radius 2 is 1.93 bits per heavy atom. The van der Waals surface area contributed by atoms with Crippen LogP contribution in [0.4, 0.5) is 17.6 Å². The van der Waals surface area contributed by atoms with E-state index in [9.17, 15) is 17.6 Å². The molecule has 0 unspecified atom stereocenters. The highest BCUT2D eigenvalue weighted by Crippen LogP contribution is 2.32. The molecule has 0 saturated carbocycles. The van der Waals surface area contributed by atoms with Crippen molar-refractivity contribution in [2.24, 2.45) is 4.99 Å². The van der Waals surface area contributed by atoms with E-state index in [0.717, 1.165) is 38.1 Å². The third kappa shape index (κ3) is 6.37. The van der Waals surface area contributed by atoms with Crippen LogP contribution in [0.15, 0.2) is 23.2 Å². The molecule has 0 aliphatic carbocycles. The Hall–Kier alpha value is -1.83. The number of hydrogen-bond donors (Lipinski definition) is 2. The highest BCUT2D eigenvalue weighted by molar-refractivity contribution is 5.80. The largest absolute Gasteiger partial charge is 0.416 e. The smallest absolute Gasteiger partial charge is 0.357 e. The Kier molecular flexibility index (Phi) is 7.47. The van der Waals surface area contributed by atoms with Crippen molar-refractivity contribution in [2.75, 3.05) is 19.6 Å². The molecule has 1 heterocycles. The second-order valence-corrected chi connectivity index (χ2v) is 7.04. The van der Waals surface area contributed by atoms with Gasteiger partial charge in [-0.05, 0) is 51.3 Å². The van der Waals surface area contributed by atoms with Crippen molar-refractivity contribution in [1.29, 1.82) is 0 Å². The molecule has 2 rings (SSSR count). The summed E-state index contributed by atoms with van der Waals surface area (Å²) in [5.74, 6) is -0.421. The van der Waals surface area contributed by atoms with Crippen LogP contribution in [0, 0.1) is 5.82 Å². The molecule has 152 valence electrons. The first-order chi connectivity index (χ1) is 12.7. The van der Waals surface area contributed by atoms with Gasteiger partial charge in [0.25, 0.3) is 0 Å². The topological polar surface area (TPSA) is 39.7 Å². The molecule has 27 heavy (non-hydrogen) atoms. The quantitative estimate of drug-likeness (QED) is 0.458. The van der Waals surface area contributed by atoms with E-state index < -0.39 is 17.6 Å². The van der Waals surface area contributed by atoms with Gasteiger partial charge >= 0.3 is 6.18 Å². The fourth-order valence-corrected chi connectivity index (χ4v) is 3.19. The average molecular weight is 388 g/mol. The van der Waals surface area contributed by atoms with E-state index in [1.807, 2.05) is 6.92 Å². The van der Waals surface area contributed by atoms with Crippen molar-refractivity contribution >= 4 is 5.96 Å². The van der Waals surface area contributed by atoms with Crippen LogP contribution in [0.5, 0.6) is 0 Å². The predicted octanol–water partition coefficient (Wildman–Crippen LogP) is 3.77. The van der Waals surface area contributed by atoms with Crippen molar-refractivity contribution in [1.82, 2.24) is 15.5 Å². The highest BCUT2D eigenvalue weighted by atomic mass is 19.4. The molecule has 1 saturated heterocycles. The first kappa shape index (κ1) is 21.5. The number of benzene rings is 1. The van der Waals surface area contributed by atoms with Gasteiger partial charge in [-0.25, -0.2) is 9.38 Å². The summed E-state index contributed by atoms with van der Waals surface area (Å²) in [6.45, 7) is 8.62. The molecule has 0 bridgehead atoms. The van der Waals surface area contributed by atoms with Gasteiger partial charge in [-0.3, -0.25) is 0 Å². The number of piperidine rings is 1. The normalized spacial score (nSPS) is 17.4. The number of rotatable bonds is 5. The van der Waals surface area contributed by atoms with Crippen LogP contribution in [0.3, 0.4) is 0 Å². The van der Waals surface area contributed by atoms with Crippen LogP contribution < -0.4 is 10.6 Å². The molecule has 1 aromatic rings. The number of aliphatic imine (C=N–C) groups is 1. The Bertz CT molecular complexity index is 635. The summed E-state index contributed by atoms with van der Waals surface area (Å²) in [6.07, 6.45) is -2.71. The van der Waals surface area contributed by atoms with Gasteiger partial charge in [-0.15, -0.1) is 0 Å². The van der Waals surface area contributed by atoms with Crippen LogP contribution in [0.1, 0.15) is 44.7 Å². The van der Waals surface area contributed by atoms with E-state index >= 15 is 0 Å². The SMILES string of the molecule is CCNC(=NCc1ccc(F)cc1C(F)(F)F)NC1CCN(C(C)C)CC1. The van der Waals surface area contributed by atoms with Gasteiger partial charge in [0.2, 0.25) is 0 Å². The lowest BCUT2D eigenvalue weighted by atomic mass is 10.0. The van der Waals surface area contributed by atoms with Crippen molar-refractivity contribution in [3.05, 3.63) is 35.1 Å². The highest BCUT2D eigenvalue weighted by Gasteiger charge is 2.33. The van der Waals surface area contributed by atoms with E-state index in [0.29, 0.717) is 24.6 Å². The fourth-order valence-electron chi connectivity index (χ4n) is 3.19. The van der Waals surface area contributed by atoms with E-state index in [2.05, 4.69) is 34.4 Å². The van der Waals surface area contributed by atoms with Crippen molar-refractivity contribution < 1.29 is 17.6 Å². The van der Waals surface area contributed by atoms with Gasteiger partial charge in [0.1, 0.15) is 5.82 Å². The van der Waals surface area contributed by atoms with E-state index in [1.165, 1.54) is 0 Å². The minimum absolute atomic E-state index is 0.0456. The summed E-state index contributed by atoms with van der Waals surface area (Å²) in [7, 11) is 0. The zero-order chi connectivity index (χ0) is 20.0. The van der Waals surface area contributed by atoms with Crippen LogP contribution in [-0.4, -0.2) is 42.6 Å². The fraction of sp³-hybridized carbons (Fsp3) is 0.632. The number of nitrogens with zero attached hydrogens (tertiary/aromatic N) is 2. The minimum Gasteiger partial charge on any atom is -0.357 e. The zero-order valence-electron chi connectivity index (χ0n) is 16.0. The van der Waals surface area contributed by atoms with Gasteiger partial charge < -0.3 is 15.5 Å². The summed E-state index contributed by atoms with van der Waals surface area (Å²) in [6, 6.07) is 3.43. The van der Waals surface area contributed by atoms with Gasteiger partial charge in [-0.1, -0.05) is 6.07 Å². The number of alkyl halides is 3. The summed E-state index contributed by atoms with van der Waals surface area (Å²) >= 11 is 0. The van der Waals surface area contributed by atoms with Crippen LogP contribution in [-0.2, 0) is 12.7 Å². The molecule has 0 radical (unpaired) electrons. The maximum absolute atomic E-state index is 13.2. The minimum atomic E-state index is -4.61. The average Bonchev–Trinajstić information content (AvgIpc) is 2.60. The molecule has 1 fully saturated rings. The second-order valence-electron chi connectivity index (χ2n) is 7.04. The maximum Gasteiger partial charge on any atom is 0.416 e. The summed E-state index contributed by atoms with van der Waals surface area (Å²) in [4.78, 5) is 6.69. The Labute approximate surface area is 158 Å². The number of likely N-dealkylation sites (tertiary alicyclic amines) is 1. The number of halogens is 4. The Balaban J connectivity index is 2.06. The summed E-state index contributed by atoms with van der Waals surface area (Å²) < 4.78 is 52.6. The predicted molar refractivity (Wildman–Crippen MR) is 99.1 cm³/mol. The van der Waals surface area contributed by atoms with Crippen molar-refractivity contribution in [2.45, 2.75) is 58.4 Å². The number of hydrogen-bond acceptors (Lipinski definition) is 2. The lowest BCUT2D eigenvalue weighted by Crippen LogP contribution is -2.49. The molecule has 4 nitrogen and oxygen atoms in total. The standard InChI is InChI=1S/C19H28F4N4/c1-4-24-18(26-16-7-9-27(10-8-16)13(2)3)25-12-14-5-6-15(20)11-17(14)19(21,22)23/h5-6,11,13,16H,4,7-10,12H2,1-3H3,(H2,24,25,26). The van der Waals surface area contributed by atoms with Crippen LogP contribution in [0.2, 0.25) is 0 Å². The summed E-state index contributed by atoms with van der Waals surface area (Å²) in [5, 5.41) is 6.39.